The van der Waals surface area contributed by atoms with Crippen LogP contribution in [0.2, 0.25) is 0 Å². The molecule has 0 spiro atoms. The number of amides is 1. The maximum absolute atomic E-state index is 12.9. The minimum atomic E-state index is 0.0407. The van der Waals surface area contributed by atoms with Crippen LogP contribution < -0.4 is 5.32 Å². The molecule has 9 heteroatoms. The molecule has 1 aliphatic carbocycles. The summed E-state index contributed by atoms with van der Waals surface area (Å²) in [5, 5.41) is 12.9. The number of thiophene rings is 1. The highest BCUT2D eigenvalue weighted by atomic mass is 32.2. The van der Waals surface area contributed by atoms with Gasteiger partial charge in [-0.05, 0) is 57.1 Å². The van der Waals surface area contributed by atoms with Gasteiger partial charge in [0, 0.05) is 34.2 Å². The molecule has 32 heavy (non-hydrogen) atoms. The van der Waals surface area contributed by atoms with Crippen molar-refractivity contribution in [2.45, 2.75) is 44.0 Å². The minimum Gasteiger partial charge on any atom is -0.343 e. The van der Waals surface area contributed by atoms with Crippen LogP contribution in [0.3, 0.4) is 0 Å². The van der Waals surface area contributed by atoms with E-state index in [9.17, 15) is 4.79 Å². The first-order valence-electron chi connectivity index (χ1n) is 10.8. The molecule has 1 aliphatic rings. The highest BCUT2D eigenvalue weighted by molar-refractivity contribution is 7.98. The van der Waals surface area contributed by atoms with E-state index in [1.807, 2.05) is 18.1 Å². The van der Waals surface area contributed by atoms with Gasteiger partial charge in [-0.1, -0.05) is 0 Å². The molecule has 0 saturated carbocycles. The fourth-order valence-corrected chi connectivity index (χ4v) is 6.16. The van der Waals surface area contributed by atoms with Gasteiger partial charge < -0.3 is 10.2 Å². The zero-order valence-corrected chi connectivity index (χ0v) is 20.2. The number of rotatable bonds is 5. The summed E-state index contributed by atoms with van der Waals surface area (Å²) >= 11 is 3.38. The molecule has 2 N–H and O–H groups in total. The van der Waals surface area contributed by atoms with Gasteiger partial charge in [-0.15, -0.1) is 23.1 Å². The monoisotopic (exact) mass is 466 g/mol. The van der Waals surface area contributed by atoms with E-state index in [0.717, 1.165) is 56.8 Å². The highest BCUT2D eigenvalue weighted by Gasteiger charge is 2.31. The van der Waals surface area contributed by atoms with Gasteiger partial charge in [0.2, 0.25) is 5.91 Å². The molecule has 0 bridgehead atoms. The average molecular weight is 467 g/mol. The summed E-state index contributed by atoms with van der Waals surface area (Å²) in [5.74, 6) is 1.11. The van der Waals surface area contributed by atoms with E-state index in [0.29, 0.717) is 0 Å². The number of aromatic nitrogens is 4. The van der Waals surface area contributed by atoms with E-state index >= 15 is 0 Å². The average Bonchev–Trinajstić information content (AvgIpc) is 3.40. The molecule has 7 nitrogen and oxygen atoms in total. The maximum Gasteiger partial charge on any atom is 0.226 e. The van der Waals surface area contributed by atoms with Crippen molar-refractivity contribution in [1.82, 2.24) is 25.1 Å². The number of hydrogen-bond donors (Lipinski definition) is 2. The Kier molecular flexibility index (Phi) is 5.54. The lowest BCUT2D eigenvalue weighted by Gasteiger charge is -2.29. The number of carbonyl (C=O) groups excluding carboxylic acids is 1. The van der Waals surface area contributed by atoms with E-state index in [-0.39, 0.29) is 17.9 Å². The molecule has 0 radical (unpaired) electrons. The molecule has 0 fully saturated rings. The third-order valence-electron chi connectivity index (χ3n) is 6.33. The number of hydrogen-bond acceptors (Lipinski definition) is 7. The van der Waals surface area contributed by atoms with Crippen molar-refractivity contribution in [1.29, 1.82) is 0 Å². The fraction of sp³-hybridized carbons (Fsp3) is 0.391. The predicted octanol–water partition coefficient (Wildman–Crippen LogP) is 5.00. The first kappa shape index (κ1) is 21.2. The molecule has 0 aliphatic heterocycles. The summed E-state index contributed by atoms with van der Waals surface area (Å²) < 4.78 is 0. The van der Waals surface area contributed by atoms with Crippen molar-refractivity contribution in [3.8, 4) is 0 Å². The number of carbonyl (C=O) groups is 1. The third-order valence-corrected chi connectivity index (χ3v) is 8.27. The quantitative estimate of drug-likeness (QED) is 0.402. The molecule has 0 saturated heterocycles. The first-order chi connectivity index (χ1) is 15.5. The second-order valence-electron chi connectivity index (χ2n) is 8.52. The van der Waals surface area contributed by atoms with E-state index in [2.05, 4.69) is 57.7 Å². The largest absolute Gasteiger partial charge is 0.343 e. The number of aryl methyl sites for hydroxylation is 1. The zero-order chi connectivity index (χ0) is 22.4. The first-order valence-corrected chi connectivity index (χ1v) is 12.8. The predicted molar refractivity (Wildman–Crippen MR) is 132 cm³/mol. The summed E-state index contributed by atoms with van der Waals surface area (Å²) in [4.78, 5) is 27.3. The van der Waals surface area contributed by atoms with Crippen molar-refractivity contribution in [2.75, 3.05) is 18.6 Å². The van der Waals surface area contributed by atoms with Crippen LogP contribution in [0.1, 0.15) is 30.7 Å². The summed E-state index contributed by atoms with van der Waals surface area (Å²) in [6, 6.07) is 4.43. The number of H-pyrrole nitrogens is 1. The summed E-state index contributed by atoms with van der Waals surface area (Å²) in [7, 11) is 1.90. The maximum atomic E-state index is 12.9. The van der Waals surface area contributed by atoms with Gasteiger partial charge in [0.1, 0.15) is 17.0 Å². The van der Waals surface area contributed by atoms with Crippen LogP contribution in [0.5, 0.6) is 0 Å². The minimum absolute atomic E-state index is 0.0407. The summed E-state index contributed by atoms with van der Waals surface area (Å²) in [6.07, 6.45) is 8.03. The van der Waals surface area contributed by atoms with Crippen LogP contribution in [0.15, 0.2) is 29.6 Å². The highest BCUT2D eigenvalue weighted by Crippen LogP contribution is 2.41. The number of thioether (sulfide) groups is 1. The van der Waals surface area contributed by atoms with Crippen molar-refractivity contribution in [3.05, 3.63) is 35.1 Å². The number of aromatic amines is 1. The van der Waals surface area contributed by atoms with E-state index in [1.54, 1.807) is 29.4 Å². The van der Waals surface area contributed by atoms with Crippen LogP contribution >= 0.6 is 23.1 Å². The van der Waals surface area contributed by atoms with Crippen LogP contribution in [-0.4, -0.2) is 50.3 Å². The molecular weight excluding hydrogens is 440 g/mol. The van der Waals surface area contributed by atoms with Crippen molar-refractivity contribution in [2.24, 2.45) is 5.92 Å². The Morgan fingerprint density at radius 1 is 1.34 bits per heavy atom. The van der Waals surface area contributed by atoms with E-state index in [4.69, 9.17) is 0 Å². The number of benzene rings is 1. The standard InChI is InChI=1S/C23H26N6OS2/c1-12(2)29(3)23(30)13-5-6-15-18(8-13)32-22-20(15)21(24-11-25-22)27-17-7-14-10-26-28-16(14)9-19(17)31-4/h7,9-13H,5-6,8H2,1-4H3,(H,26,28)(H,24,25,27)/t13-/m0/s1. The molecule has 5 rings (SSSR count). The second kappa shape index (κ2) is 8.37. The Morgan fingerprint density at radius 3 is 2.97 bits per heavy atom. The van der Waals surface area contributed by atoms with Crippen LogP contribution in [0, 0.1) is 5.92 Å². The Bertz CT molecular complexity index is 1310. The molecule has 1 amide bonds. The lowest BCUT2D eigenvalue weighted by atomic mass is 9.86. The van der Waals surface area contributed by atoms with Crippen molar-refractivity contribution >= 4 is 61.6 Å². The van der Waals surface area contributed by atoms with E-state index in [1.165, 1.54) is 10.4 Å². The molecule has 1 aromatic carbocycles. The van der Waals surface area contributed by atoms with Gasteiger partial charge in [-0.3, -0.25) is 9.89 Å². The normalized spacial score (nSPS) is 16.0. The molecule has 0 unspecified atom stereocenters. The van der Waals surface area contributed by atoms with Crippen LogP contribution in [0.4, 0.5) is 11.5 Å². The summed E-state index contributed by atoms with van der Waals surface area (Å²) in [5.41, 5.74) is 3.32. The molecule has 166 valence electrons. The summed E-state index contributed by atoms with van der Waals surface area (Å²) in [6.45, 7) is 4.12. The Labute approximate surface area is 195 Å². The lowest BCUT2D eigenvalue weighted by Crippen LogP contribution is -2.39. The fourth-order valence-electron chi connectivity index (χ4n) is 4.32. The zero-order valence-electron chi connectivity index (χ0n) is 18.6. The SMILES string of the molecule is CSc1cc2[nH]ncc2cc1Nc1ncnc2sc3c(c12)CC[C@H](C(=O)N(C)C(C)C)C3. The smallest absolute Gasteiger partial charge is 0.226 e. The molecule has 3 heterocycles. The second-order valence-corrected chi connectivity index (χ2v) is 10.5. The number of nitrogens with zero attached hydrogens (tertiary/aromatic N) is 4. The number of nitrogens with one attached hydrogen (secondary N) is 2. The van der Waals surface area contributed by atoms with Gasteiger partial charge in [0.15, 0.2) is 0 Å². The lowest BCUT2D eigenvalue weighted by molar-refractivity contribution is -0.136. The number of fused-ring (bicyclic) bond motifs is 4. The van der Waals surface area contributed by atoms with Crippen LogP contribution in [-0.2, 0) is 17.6 Å². The van der Waals surface area contributed by atoms with Crippen LogP contribution in [0.25, 0.3) is 21.1 Å². The Hall–Kier alpha value is -2.65. The Balaban J connectivity index is 1.50. The van der Waals surface area contributed by atoms with Gasteiger partial charge >= 0.3 is 0 Å². The third kappa shape index (κ3) is 3.63. The molecular formula is C23H26N6OS2. The topological polar surface area (TPSA) is 86.8 Å². The van der Waals surface area contributed by atoms with Gasteiger partial charge in [-0.25, -0.2) is 9.97 Å². The van der Waals surface area contributed by atoms with Crippen molar-refractivity contribution < 1.29 is 4.79 Å². The Morgan fingerprint density at radius 2 is 2.19 bits per heavy atom. The van der Waals surface area contributed by atoms with E-state index < -0.39 is 0 Å². The van der Waals surface area contributed by atoms with Gasteiger partial charge in [-0.2, -0.15) is 5.10 Å². The number of anilines is 2. The van der Waals surface area contributed by atoms with Gasteiger partial charge in [0.05, 0.1) is 22.8 Å². The van der Waals surface area contributed by atoms with Gasteiger partial charge in [0.25, 0.3) is 0 Å². The van der Waals surface area contributed by atoms with Crippen molar-refractivity contribution in [3.63, 3.8) is 0 Å². The molecule has 3 aromatic heterocycles. The molecule has 4 aromatic rings. The molecule has 1 atom stereocenters.